The zero-order valence-electron chi connectivity index (χ0n) is 17.1. The van der Waals surface area contributed by atoms with Gasteiger partial charge in [0.2, 0.25) is 0 Å². The summed E-state index contributed by atoms with van der Waals surface area (Å²) >= 11 is 0. The molecule has 4 rings (SSSR count). The topological polar surface area (TPSA) is 65.4 Å². The normalized spacial score (nSPS) is 13.3. The summed E-state index contributed by atoms with van der Waals surface area (Å²) in [7, 11) is 3.11. The van der Waals surface area contributed by atoms with Crippen molar-refractivity contribution in [3.63, 3.8) is 0 Å². The molecule has 0 bridgehead atoms. The fourth-order valence-corrected chi connectivity index (χ4v) is 3.85. The molecule has 30 heavy (non-hydrogen) atoms. The second kappa shape index (κ2) is 8.57. The van der Waals surface area contributed by atoms with Gasteiger partial charge >= 0.3 is 0 Å². The fourth-order valence-electron chi connectivity index (χ4n) is 3.85. The second-order valence-corrected chi connectivity index (χ2v) is 7.23. The Morgan fingerprint density at radius 3 is 2.67 bits per heavy atom. The summed E-state index contributed by atoms with van der Waals surface area (Å²) in [5, 5.41) is 2.91. The van der Waals surface area contributed by atoms with E-state index in [4.69, 9.17) is 9.47 Å². The highest BCUT2D eigenvalue weighted by atomic mass is 19.1. The molecule has 1 aromatic heterocycles. The second-order valence-electron chi connectivity index (χ2n) is 7.23. The van der Waals surface area contributed by atoms with E-state index in [1.807, 2.05) is 6.07 Å². The van der Waals surface area contributed by atoms with E-state index in [9.17, 15) is 9.18 Å². The van der Waals surface area contributed by atoms with Gasteiger partial charge in [0.15, 0.2) is 11.5 Å². The van der Waals surface area contributed by atoms with Crippen LogP contribution in [0.5, 0.6) is 11.5 Å². The van der Waals surface area contributed by atoms with Gasteiger partial charge in [0.25, 0.3) is 5.91 Å². The highest BCUT2D eigenvalue weighted by molar-refractivity contribution is 6.04. The van der Waals surface area contributed by atoms with Gasteiger partial charge in [-0.3, -0.25) is 4.79 Å². The number of fused-ring (bicyclic) bond motifs is 1. The summed E-state index contributed by atoms with van der Waals surface area (Å²) in [6.07, 6.45) is 3.84. The number of carbonyl (C=O) groups is 1. The summed E-state index contributed by atoms with van der Waals surface area (Å²) in [6.45, 7) is 0.762. The first-order chi connectivity index (χ1) is 14.6. The van der Waals surface area contributed by atoms with Gasteiger partial charge in [-0.25, -0.2) is 9.37 Å². The molecule has 1 amide bonds. The average Bonchev–Trinajstić information content (AvgIpc) is 2.95. The highest BCUT2D eigenvalue weighted by Crippen LogP contribution is 2.31. The number of anilines is 1. The van der Waals surface area contributed by atoms with E-state index in [0.29, 0.717) is 34.3 Å². The molecule has 2 heterocycles. The third-order valence-electron chi connectivity index (χ3n) is 5.31. The Hall–Kier alpha value is -3.35. The molecule has 1 aliphatic heterocycles. The Bertz CT molecular complexity index is 1080. The standard InChI is InChI=1S/C23H24FN3O3/c1-29-19-11-10-17(14-20(19)30-2)25-23(28)21-18-9-4-3-5-12-27(18)22(26-21)15-7-6-8-16(24)13-15/h6-8,10-11,13-14H,3-5,9,12H2,1-2H3,(H,25,28). The maximum absolute atomic E-state index is 13.8. The van der Waals surface area contributed by atoms with Crippen LogP contribution in [0, 0.1) is 5.82 Å². The number of aromatic nitrogens is 2. The molecule has 0 spiro atoms. The van der Waals surface area contributed by atoms with Gasteiger partial charge < -0.3 is 19.4 Å². The Kier molecular flexibility index (Phi) is 5.70. The highest BCUT2D eigenvalue weighted by Gasteiger charge is 2.24. The zero-order valence-corrected chi connectivity index (χ0v) is 17.1. The SMILES string of the molecule is COc1ccc(NC(=O)c2nc(-c3cccc(F)c3)n3c2CCCCC3)cc1OC. The number of halogens is 1. The number of hydrogen-bond donors (Lipinski definition) is 1. The smallest absolute Gasteiger partial charge is 0.276 e. The van der Waals surface area contributed by atoms with E-state index in [2.05, 4.69) is 14.9 Å². The van der Waals surface area contributed by atoms with Crippen LogP contribution in [-0.2, 0) is 13.0 Å². The largest absolute Gasteiger partial charge is 0.493 e. The predicted octanol–water partition coefficient (Wildman–Crippen LogP) is 4.69. The van der Waals surface area contributed by atoms with Crippen molar-refractivity contribution in [3.05, 3.63) is 59.7 Å². The van der Waals surface area contributed by atoms with Crippen LogP contribution in [0.4, 0.5) is 10.1 Å². The molecule has 2 aromatic carbocycles. The van der Waals surface area contributed by atoms with Gasteiger partial charge in [-0.15, -0.1) is 0 Å². The molecule has 6 nitrogen and oxygen atoms in total. The number of methoxy groups -OCH3 is 2. The quantitative estimate of drug-likeness (QED) is 0.664. The van der Waals surface area contributed by atoms with Gasteiger partial charge in [-0.05, 0) is 43.5 Å². The van der Waals surface area contributed by atoms with E-state index in [0.717, 1.165) is 37.9 Å². The third kappa shape index (κ3) is 3.87. The Labute approximate surface area is 174 Å². The number of amides is 1. The lowest BCUT2D eigenvalue weighted by Crippen LogP contribution is -2.15. The number of imidazole rings is 1. The fraction of sp³-hybridized carbons (Fsp3) is 0.304. The summed E-state index contributed by atoms with van der Waals surface area (Å²) < 4.78 is 26.4. The van der Waals surface area contributed by atoms with Gasteiger partial charge in [-0.1, -0.05) is 18.6 Å². The summed E-state index contributed by atoms with van der Waals surface area (Å²) in [4.78, 5) is 17.8. The maximum atomic E-state index is 13.8. The van der Waals surface area contributed by atoms with Gasteiger partial charge in [0.1, 0.15) is 17.3 Å². The molecule has 1 N–H and O–H groups in total. The van der Waals surface area contributed by atoms with Crippen LogP contribution in [0.15, 0.2) is 42.5 Å². The van der Waals surface area contributed by atoms with Crippen LogP contribution >= 0.6 is 0 Å². The number of nitrogens with one attached hydrogen (secondary N) is 1. The van der Waals surface area contributed by atoms with Crippen LogP contribution in [-0.4, -0.2) is 29.7 Å². The van der Waals surface area contributed by atoms with Crippen molar-refractivity contribution in [1.82, 2.24) is 9.55 Å². The molecule has 156 valence electrons. The van der Waals surface area contributed by atoms with Gasteiger partial charge in [0, 0.05) is 23.9 Å². The van der Waals surface area contributed by atoms with Crippen molar-refractivity contribution in [2.45, 2.75) is 32.2 Å². The number of ether oxygens (including phenoxy) is 2. The van der Waals surface area contributed by atoms with E-state index in [1.54, 1.807) is 38.5 Å². The van der Waals surface area contributed by atoms with Crippen LogP contribution in [0.3, 0.4) is 0 Å². The molecule has 0 saturated carbocycles. The molecule has 1 aliphatic rings. The lowest BCUT2D eigenvalue weighted by Gasteiger charge is -2.11. The molecule has 0 radical (unpaired) electrons. The van der Waals surface area contributed by atoms with Gasteiger partial charge in [-0.2, -0.15) is 0 Å². The predicted molar refractivity (Wildman–Crippen MR) is 113 cm³/mol. The van der Waals surface area contributed by atoms with Crippen molar-refractivity contribution in [2.24, 2.45) is 0 Å². The Morgan fingerprint density at radius 2 is 1.90 bits per heavy atom. The third-order valence-corrected chi connectivity index (χ3v) is 5.31. The molecule has 0 atom stereocenters. The minimum Gasteiger partial charge on any atom is -0.493 e. The van der Waals surface area contributed by atoms with E-state index in [1.165, 1.54) is 12.1 Å². The Balaban J connectivity index is 1.71. The summed E-state index contributed by atoms with van der Waals surface area (Å²) in [5.41, 5.74) is 2.53. The molecular formula is C23H24FN3O3. The Morgan fingerprint density at radius 1 is 1.07 bits per heavy atom. The van der Waals surface area contributed by atoms with Crippen molar-refractivity contribution >= 4 is 11.6 Å². The van der Waals surface area contributed by atoms with E-state index >= 15 is 0 Å². The minimum atomic E-state index is -0.324. The maximum Gasteiger partial charge on any atom is 0.276 e. The molecule has 0 fully saturated rings. The molecule has 0 unspecified atom stereocenters. The first kappa shape index (κ1) is 19.9. The number of benzene rings is 2. The number of carbonyl (C=O) groups excluding carboxylic acids is 1. The van der Waals surface area contributed by atoms with Crippen molar-refractivity contribution in [1.29, 1.82) is 0 Å². The van der Waals surface area contributed by atoms with Crippen molar-refractivity contribution in [3.8, 4) is 22.9 Å². The molecule has 3 aromatic rings. The molecular weight excluding hydrogens is 385 g/mol. The summed E-state index contributed by atoms with van der Waals surface area (Å²) in [5.74, 6) is 1.12. The first-order valence-electron chi connectivity index (χ1n) is 9.99. The van der Waals surface area contributed by atoms with Crippen molar-refractivity contribution in [2.75, 3.05) is 19.5 Å². The average molecular weight is 409 g/mol. The minimum absolute atomic E-state index is 0.296. The van der Waals surface area contributed by atoms with Crippen LogP contribution in [0.2, 0.25) is 0 Å². The van der Waals surface area contributed by atoms with Crippen LogP contribution in [0.1, 0.15) is 35.4 Å². The number of hydrogen-bond acceptors (Lipinski definition) is 4. The van der Waals surface area contributed by atoms with Gasteiger partial charge in [0.05, 0.1) is 19.9 Å². The summed E-state index contributed by atoms with van der Waals surface area (Å²) in [6, 6.07) is 11.5. The molecule has 7 heteroatoms. The monoisotopic (exact) mass is 409 g/mol. The van der Waals surface area contributed by atoms with Crippen molar-refractivity contribution < 1.29 is 18.7 Å². The van der Waals surface area contributed by atoms with E-state index < -0.39 is 0 Å². The zero-order chi connectivity index (χ0) is 21.1. The molecule has 0 aliphatic carbocycles. The van der Waals surface area contributed by atoms with Crippen LogP contribution < -0.4 is 14.8 Å². The molecule has 0 saturated heterocycles. The van der Waals surface area contributed by atoms with E-state index in [-0.39, 0.29) is 11.7 Å². The lowest BCUT2D eigenvalue weighted by molar-refractivity contribution is 0.102. The van der Waals surface area contributed by atoms with Crippen LogP contribution in [0.25, 0.3) is 11.4 Å². The number of rotatable bonds is 5. The lowest BCUT2D eigenvalue weighted by atomic mass is 10.1. The number of nitrogens with zero attached hydrogens (tertiary/aromatic N) is 2. The first-order valence-corrected chi connectivity index (χ1v) is 9.99.